The van der Waals surface area contributed by atoms with Crippen molar-refractivity contribution in [3.05, 3.63) is 34.1 Å². The molecule has 0 aliphatic rings. The van der Waals surface area contributed by atoms with E-state index in [1.54, 1.807) is 19.2 Å². The number of aromatic hydroxyl groups is 1. The van der Waals surface area contributed by atoms with Gasteiger partial charge in [0.05, 0.1) is 0 Å². The second-order valence-corrected chi connectivity index (χ2v) is 2.66. The van der Waals surface area contributed by atoms with Crippen LogP contribution in [0.1, 0.15) is 5.56 Å². The van der Waals surface area contributed by atoms with E-state index >= 15 is 0 Å². The molecule has 1 N–H and O–H groups in total. The number of phenols is 1. The van der Waals surface area contributed by atoms with Crippen LogP contribution in [0, 0.1) is 0 Å². The van der Waals surface area contributed by atoms with Gasteiger partial charge in [0.15, 0.2) is 0 Å². The Hall–Kier alpha value is -0.730. The summed E-state index contributed by atoms with van der Waals surface area (Å²) in [5, 5.41) is 13.5. The van der Waals surface area contributed by atoms with Gasteiger partial charge in [-0.15, -0.1) is 6.54 Å². The van der Waals surface area contributed by atoms with Gasteiger partial charge in [-0.3, -0.25) is 0 Å². The van der Waals surface area contributed by atoms with Crippen molar-refractivity contribution in [2.24, 2.45) is 0 Å². The Morgan fingerprint density at radius 1 is 1.55 bits per heavy atom. The summed E-state index contributed by atoms with van der Waals surface area (Å²) in [6, 6.07) is 4.89. The summed E-state index contributed by atoms with van der Waals surface area (Å²) in [6.07, 6.45) is 0. The molecule has 0 fully saturated rings. The van der Waals surface area contributed by atoms with Gasteiger partial charge in [0.2, 0.25) is 0 Å². The van der Waals surface area contributed by atoms with Crippen molar-refractivity contribution in [3.63, 3.8) is 0 Å². The first-order valence-electron chi connectivity index (χ1n) is 3.27. The number of halogens is 1. The number of benzene rings is 1. The summed E-state index contributed by atoms with van der Waals surface area (Å²) in [6.45, 7) is 0.596. The molecule has 0 saturated carbocycles. The van der Waals surface area contributed by atoms with E-state index < -0.39 is 0 Å². The van der Waals surface area contributed by atoms with Gasteiger partial charge in [0.25, 0.3) is 0 Å². The molecule has 0 aliphatic carbocycles. The van der Waals surface area contributed by atoms with E-state index in [4.69, 9.17) is 16.7 Å². The number of hydrogen-bond donors (Lipinski definition) is 1. The zero-order valence-electron chi connectivity index (χ0n) is 6.21. The van der Waals surface area contributed by atoms with Gasteiger partial charge in [0.1, 0.15) is 5.75 Å². The van der Waals surface area contributed by atoms with Crippen LogP contribution in [0.3, 0.4) is 0 Å². The van der Waals surface area contributed by atoms with Gasteiger partial charge in [-0.1, -0.05) is 17.7 Å². The van der Waals surface area contributed by atoms with E-state index in [0.717, 1.165) is 5.56 Å². The Bertz CT molecular complexity index is 250. The standard InChI is InChI=1S/C8H9ClNO/c1-10-5-6-2-3-7(11)4-8(6)9/h2-4,11H,5H2,1H3/q-1. The first kappa shape index (κ1) is 8.37. The Morgan fingerprint density at radius 2 is 2.27 bits per heavy atom. The van der Waals surface area contributed by atoms with Gasteiger partial charge >= 0.3 is 0 Å². The van der Waals surface area contributed by atoms with Crippen molar-refractivity contribution >= 4 is 11.6 Å². The van der Waals surface area contributed by atoms with Crippen LogP contribution in [0.15, 0.2) is 18.2 Å². The van der Waals surface area contributed by atoms with Gasteiger partial charge in [-0.2, -0.15) is 7.05 Å². The highest BCUT2D eigenvalue weighted by Crippen LogP contribution is 2.22. The molecule has 0 heterocycles. The molecule has 1 aromatic rings. The smallest absolute Gasteiger partial charge is 0.117 e. The average molecular weight is 171 g/mol. The maximum Gasteiger partial charge on any atom is 0.117 e. The van der Waals surface area contributed by atoms with E-state index in [1.807, 2.05) is 0 Å². The molecular formula is C8H9ClNO-. The Labute approximate surface area is 70.8 Å². The van der Waals surface area contributed by atoms with Crippen molar-refractivity contribution in [3.8, 4) is 5.75 Å². The Morgan fingerprint density at radius 3 is 2.82 bits per heavy atom. The predicted molar refractivity (Wildman–Crippen MR) is 46.1 cm³/mol. The van der Waals surface area contributed by atoms with Gasteiger partial charge < -0.3 is 10.4 Å². The van der Waals surface area contributed by atoms with Gasteiger partial charge in [-0.25, -0.2) is 0 Å². The van der Waals surface area contributed by atoms with Crippen LogP contribution >= 0.6 is 11.6 Å². The van der Waals surface area contributed by atoms with Gasteiger partial charge in [-0.05, 0) is 17.7 Å². The van der Waals surface area contributed by atoms with Crippen LogP contribution < -0.4 is 0 Å². The van der Waals surface area contributed by atoms with Crippen molar-refractivity contribution in [2.45, 2.75) is 6.54 Å². The lowest BCUT2D eigenvalue weighted by molar-refractivity contribution is 0.475. The summed E-state index contributed by atoms with van der Waals surface area (Å²) in [4.78, 5) is 0. The van der Waals surface area contributed by atoms with Crippen molar-refractivity contribution in [1.29, 1.82) is 0 Å². The van der Waals surface area contributed by atoms with Crippen molar-refractivity contribution < 1.29 is 5.11 Å². The fraction of sp³-hybridized carbons (Fsp3) is 0.250. The summed E-state index contributed by atoms with van der Waals surface area (Å²) in [5.41, 5.74) is 0.937. The Kier molecular flexibility index (Phi) is 2.74. The lowest BCUT2D eigenvalue weighted by Gasteiger charge is -2.12. The number of phenolic OH excluding ortho intramolecular Hbond substituents is 1. The van der Waals surface area contributed by atoms with E-state index in [0.29, 0.717) is 11.6 Å². The van der Waals surface area contributed by atoms with Crippen LogP contribution in [0.4, 0.5) is 0 Å². The van der Waals surface area contributed by atoms with Crippen molar-refractivity contribution in [1.82, 2.24) is 0 Å². The third kappa shape index (κ3) is 2.10. The average Bonchev–Trinajstić information content (AvgIpc) is 1.95. The first-order valence-corrected chi connectivity index (χ1v) is 3.65. The minimum Gasteiger partial charge on any atom is -0.661 e. The molecule has 0 atom stereocenters. The predicted octanol–water partition coefficient (Wildman–Crippen LogP) is 2.55. The lowest BCUT2D eigenvalue weighted by atomic mass is 10.2. The molecule has 0 radical (unpaired) electrons. The quantitative estimate of drug-likeness (QED) is 0.727. The molecule has 1 aromatic carbocycles. The molecule has 0 bridgehead atoms. The highest BCUT2D eigenvalue weighted by Gasteiger charge is 1.95. The molecule has 0 spiro atoms. The molecule has 2 nitrogen and oxygen atoms in total. The fourth-order valence-corrected chi connectivity index (χ4v) is 1.07. The summed E-state index contributed by atoms with van der Waals surface area (Å²) in [7, 11) is 1.73. The maximum atomic E-state index is 8.99. The highest BCUT2D eigenvalue weighted by molar-refractivity contribution is 6.31. The van der Waals surface area contributed by atoms with Gasteiger partial charge in [0, 0.05) is 5.02 Å². The van der Waals surface area contributed by atoms with Crippen LogP contribution in [-0.4, -0.2) is 12.2 Å². The summed E-state index contributed by atoms with van der Waals surface area (Å²) >= 11 is 5.79. The molecule has 1 rings (SSSR count). The first-order chi connectivity index (χ1) is 5.24. The normalized spacial score (nSPS) is 10.0. The van der Waals surface area contributed by atoms with E-state index in [2.05, 4.69) is 5.32 Å². The fourth-order valence-electron chi connectivity index (χ4n) is 0.835. The molecule has 0 aromatic heterocycles. The monoisotopic (exact) mass is 170 g/mol. The molecule has 0 saturated heterocycles. The molecule has 60 valence electrons. The third-order valence-electron chi connectivity index (χ3n) is 1.37. The SMILES string of the molecule is C[N-]Cc1ccc(O)cc1Cl. The molecule has 11 heavy (non-hydrogen) atoms. The third-order valence-corrected chi connectivity index (χ3v) is 1.72. The van der Waals surface area contributed by atoms with Crippen LogP contribution in [0.2, 0.25) is 5.02 Å². The van der Waals surface area contributed by atoms with E-state index in [9.17, 15) is 0 Å². The second kappa shape index (κ2) is 3.60. The van der Waals surface area contributed by atoms with E-state index in [-0.39, 0.29) is 5.75 Å². The number of hydrogen-bond acceptors (Lipinski definition) is 1. The summed E-state index contributed by atoms with van der Waals surface area (Å²) < 4.78 is 0. The molecule has 0 aliphatic heterocycles. The van der Waals surface area contributed by atoms with Crippen LogP contribution in [0.5, 0.6) is 5.75 Å². The number of nitrogens with zero attached hydrogens (tertiary/aromatic N) is 1. The number of rotatable bonds is 2. The largest absolute Gasteiger partial charge is 0.661 e. The topological polar surface area (TPSA) is 34.3 Å². The molecule has 0 amide bonds. The zero-order valence-corrected chi connectivity index (χ0v) is 6.97. The van der Waals surface area contributed by atoms with Crippen LogP contribution in [-0.2, 0) is 6.54 Å². The highest BCUT2D eigenvalue weighted by atomic mass is 35.5. The minimum absolute atomic E-state index is 0.190. The molecule has 0 unspecified atom stereocenters. The summed E-state index contributed by atoms with van der Waals surface area (Å²) in [5.74, 6) is 0.190. The van der Waals surface area contributed by atoms with Crippen LogP contribution in [0.25, 0.3) is 5.32 Å². The maximum absolute atomic E-state index is 8.99. The Balaban J connectivity index is 2.90. The molecule has 3 heteroatoms. The molecular weight excluding hydrogens is 162 g/mol. The zero-order chi connectivity index (χ0) is 8.27. The van der Waals surface area contributed by atoms with E-state index in [1.165, 1.54) is 6.07 Å². The second-order valence-electron chi connectivity index (χ2n) is 2.25. The minimum atomic E-state index is 0.190. The van der Waals surface area contributed by atoms with Crippen molar-refractivity contribution in [2.75, 3.05) is 7.05 Å². The lowest BCUT2D eigenvalue weighted by Crippen LogP contribution is -1.82.